The second-order valence-corrected chi connectivity index (χ2v) is 10.1. The van der Waals surface area contributed by atoms with Crippen LogP contribution < -0.4 is 5.32 Å². The topological polar surface area (TPSA) is 75.3 Å². The average molecular weight is 546 g/mol. The van der Waals surface area contributed by atoms with Gasteiger partial charge in [0.25, 0.3) is 0 Å². The van der Waals surface area contributed by atoms with Gasteiger partial charge in [0.2, 0.25) is 5.91 Å². The summed E-state index contributed by atoms with van der Waals surface area (Å²) in [6.07, 6.45) is 21.8. The summed E-state index contributed by atoms with van der Waals surface area (Å²) in [4.78, 5) is 11.9. The molecule has 0 aliphatic carbocycles. The smallest absolute Gasteiger partial charge is 0.220 e. The Morgan fingerprint density at radius 3 is 1.16 bits per heavy atom. The van der Waals surface area contributed by atoms with Crippen LogP contribution in [0.2, 0.25) is 0 Å². The van der Waals surface area contributed by atoms with Gasteiger partial charge in [0, 0.05) is 19.6 Å². The molecule has 0 saturated carbocycles. The molecule has 1 amide bonds. The molecule has 0 aromatic carbocycles. The van der Waals surface area contributed by atoms with E-state index in [1.807, 2.05) is 0 Å². The number of rotatable bonds is 33. The molecule has 7 heteroatoms. The van der Waals surface area contributed by atoms with Gasteiger partial charge >= 0.3 is 0 Å². The van der Waals surface area contributed by atoms with Crippen molar-refractivity contribution in [3.05, 3.63) is 0 Å². The lowest BCUT2D eigenvalue weighted by Gasteiger charge is -2.08. The maximum Gasteiger partial charge on any atom is 0.220 e. The number of hydrogen-bond donors (Lipinski definition) is 1. The van der Waals surface area contributed by atoms with Crippen molar-refractivity contribution in [3.8, 4) is 0 Å². The van der Waals surface area contributed by atoms with Crippen molar-refractivity contribution >= 4 is 5.91 Å². The summed E-state index contributed by atoms with van der Waals surface area (Å²) in [5, 5.41) is 2.94. The Kier molecular flexibility index (Phi) is 33.6. The van der Waals surface area contributed by atoms with E-state index >= 15 is 0 Å². The van der Waals surface area contributed by atoms with E-state index in [9.17, 15) is 4.79 Å². The van der Waals surface area contributed by atoms with Gasteiger partial charge in [0.05, 0.1) is 59.5 Å². The predicted octanol–water partition coefficient (Wildman–Crippen LogP) is 6.86. The molecule has 0 aliphatic rings. The molecule has 0 fully saturated rings. The van der Waals surface area contributed by atoms with Crippen molar-refractivity contribution in [1.29, 1.82) is 0 Å². The number of amides is 1. The summed E-state index contributed by atoms with van der Waals surface area (Å²) in [5.74, 6) is 0.133. The number of nitrogens with one attached hydrogen (secondary N) is 1. The molecule has 0 bridgehead atoms. The van der Waals surface area contributed by atoms with Crippen molar-refractivity contribution in [2.75, 3.05) is 72.6 Å². The molecule has 0 aromatic heterocycles. The highest BCUT2D eigenvalue weighted by Gasteiger charge is 2.01. The number of ether oxygens (including phenoxy) is 5. The molecule has 228 valence electrons. The van der Waals surface area contributed by atoms with Crippen LogP contribution in [0.4, 0.5) is 0 Å². The van der Waals surface area contributed by atoms with Crippen molar-refractivity contribution in [2.45, 2.75) is 123 Å². The molecule has 0 spiro atoms. The molecule has 0 atom stereocenters. The lowest BCUT2D eigenvalue weighted by Crippen LogP contribution is -2.27. The maximum absolute atomic E-state index is 11.9. The maximum atomic E-state index is 11.9. The first kappa shape index (κ1) is 37.3. The predicted molar refractivity (Wildman–Crippen MR) is 157 cm³/mol. The van der Waals surface area contributed by atoms with Crippen LogP contribution in [0.1, 0.15) is 123 Å². The number of carbonyl (C=O) groups excluding carboxylic acids is 1. The van der Waals surface area contributed by atoms with Gasteiger partial charge in [0.15, 0.2) is 0 Å². The van der Waals surface area contributed by atoms with Gasteiger partial charge in [-0.05, 0) is 12.8 Å². The molecule has 0 saturated heterocycles. The highest BCUT2D eigenvalue weighted by atomic mass is 16.6. The molecule has 1 N–H and O–H groups in total. The van der Waals surface area contributed by atoms with E-state index in [1.54, 1.807) is 0 Å². The second kappa shape index (κ2) is 34.3. The Labute approximate surface area is 235 Å². The Morgan fingerprint density at radius 2 is 0.763 bits per heavy atom. The fraction of sp³-hybridized carbons (Fsp3) is 0.968. The quantitative estimate of drug-likeness (QED) is 0.0908. The van der Waals surface area contributed by atoms with Crippen molar-refractivity contribution in [2.24, 2.45) is 0 Å². The SMILES string of the molecule is CCCCCCCCCCCCCCCCCC(=O)NCCOCCOCCOCCOCCOCCC. The zero-order valence-corrected chi connectivity index (χ0v) is 25.2. The molecule has 0 radical (unpaired) electrons. The third-order valence-corrected chi connectivity index (χ3v) is 6.41. The monoisotopic (exact) mass is 545 g/mol. The molecular weight excluding hydrogens is 482 g/mol. The molecule has 0 aromatic rings. The minimum Gasteiger partial charge on any atom is -0.379 e. The average Bonchev–Trinajstić information content (AvgIpc) is 2.92. The summed E-state index contributed by atoms with van der Waals surface area (Å²) >= 11 is 0. The normalized spacial score (nSPS) is 11.3. The minimum atomic E-state index is 0.133. The highest BCUT2D eigenvalue weighted by molar-refractivity contribution is 5.75. The van der Waals surface area contributed by atoms with Crippen LogP contribution in [0, 0.1) is 0 Å². The van der Waals surface area contributed by atoms with E-state index < -0.39 is 0 Å². The molecule has 0 unspecified atom stereocenters. The summed E-state index contributed by atoms with van der Waals surface area (Å²) in [5.41, 5.74) is 0. The van der Waals surface area contributed by atoms with E-state index in [1.165, 1.54) is 83.5 Å². The van der Waals surface area contributed by atoms with Crippen LogP contribution in [0.5, 0.6) is 0 Å². The number of hydrogen-bond acceptors (Lipinski definition) is 6. The van der Waals surface area contributed by atoms with E-state index in [-0.39, 0.29) is 5.91 Å². The van der Waals surface area contributed by atoms with Gasteiger partial charge in [-0.25, -0.2) is 0 Å². The molecule has 7 nitrogen and oxygen atoms in total. The fourth-order valence-corrected chi connectivity index (χ4v) is 4.13. The van der Waals surface area contributed by atoms with Crippen LogP contribution in [-0.2, 0) is 28.5 Å². The van der Waals surface area contributed by atoms with Gasteiger partial charge in [-0.2, -0.15) is 0 Å². The van der Waals surface area contributed by atoms with Gasteiger partial charge in [-0.15, -0.1) is 0 Å². The van der Waals surface area contributed by atoms with Crippen molar-refractivity contribution < 1.29 is 28.5 Å². The van der Waals surface area contributed by atoms with Gasteiger partial charge in [0.1, 0.15) is 0 Å². The van der Waals surface area contributed by atoms with Crippen molar-refractivity contribution in [1.82, 2.24) is 5.32 Å². The number of unbranched alkanes of at least 4 members (excludes halogenated alkanes) is 14. The van der Waals surface area contributed by atoms with Crippen LogP contribution in [0.15, 0.2) is 0 Å². The van der Waals surface area contributed by atoms with Crippen LogP contribution in [0.25, 0.3) is 0 Å². The highest BCUT2D eigenvalue weighted by Crippen LogP contribution is 2.13. The van der Waals surface area contributed by atoms with E-state index in [0.717, 1.165) is 25.9 Å². The Morgan fingerprint density at radius 1 is 0.421 bits per heavy atom. The van der Waals surface area contributed by atoms with Gasteiger partial charge in [-0.3, -0.25) is 4.79 Å². The van der Waals surface area contributed by atoms with Crippen LogP contribution in [-0.4, -0.2) is 78.5 Å². The lowest BCUT2D eigenvalue weighted by molar-refractivity contribution is -0.121. The summed E-state index contributed by atoms with van der Waals surface area (Å²) in [6, 6.07) is 0. The first-order valence-corrected chi connectivity index (χ1v) is 16.0. The zero-order chi connectivity index (χ0) is 27.6. The Hall–Kier alpha value is -0.730. The summed E-state index contributed by atoms with van der Waals surface area (Å²) in [7, 11) is 0. The standard InChI is InChI=1S/C31H63NO6/c1-3-5-6-7-8-9-10-11-12-13-14-15-16-17-18-19-31(33)32-20-22-35-24-26-37-28-30-38-29-27-36-25-23-34-21-4-2/h3-30H2,1-2H3,(H,32,33). The first-order chi connectivity index (χ1) is 18.8. The first-order valence-electron chi connectivity index (χ1n) is 16.0. The zero-order valence-electron chi connectivity index (χ0n) is 25.2. The fourth-order valence-electron chi connectivity index (χ4n) is 4.13. The Bertz CT molecular complexity index is 452. The molecule has 0 rings (SSSR count). The molecular formula is C31H63NO6. The van der Waals surface area contributed by atoms with Crippen LogP contribution in [0.3, 0.4) is 0 Å². The summed E-state index contributed by atoms with van der Waals surface area (Å²) < 4.78 is 27.2. The summed E-state index contributed by atoms with van der Waals surface area (Å²) in [6.45, 7) is 10.8. The van der Waals surface area contributed by atoms with Crippen molar-refractivity contribution in [3.63, 3.8) is 0 Å². The van der Waals surface area contributed by atoms with Crippen LogP contribution >= 0.6 is 0 Å². The number of carbonyl (C=O) groups is 1. The third-order valence-electron chi connectivity index (χ3n) is 6.41. The molecule has 38 heavy (non-hydrogen) atoms. The van der Waals surface area contributed by atoms with E-state index in [2.05, 4.69) is 19.2 Å². The second-order valence-electron chi connectivity index (χ2n) is 10.1. The Balaban J connectivity index is 3.14. The molecule has 0 aliphatic heterocycles. The largest absolute Gasteiger partial charge is 0.379 e. The van der Waals surface area contributed by atoms with E-state index in [0.29, 0.717) is 72.4 Å². The van der Waals surface area contributed by atoms with E-state index in [4.69, 9.17) is 23.7 Å². The minimum absolute atomic E-state index is 0.133. The molecule has 0 heterocycles. The van der Waals surface area contributed by atoms with Gasteiger partial charge in [-0.1, -0.05) is 104 Å². The van der Waals surface area contributed by atoms with Gasteiger partial charge < -0.3 is 29.0 Å². The third kappa shape index (κ3) is 33.3. The lowest BCUT2D eigenvalue weighted by atomic mass is 10.0.